The molecule has 19 heavy (non-hydrogen) atoms. The summed E-state index contributed by atoms with van der Waals surface area (Å²) in [7, 11) is 0. The standard InChI is InChI=1S/C14H14N4O/c19-14(17-12-6-3-8-16-18-12)13-11-5-2-1-4-10(11)7-9-15-13/h1-6,8,13,15H,7,9H2,(H,17,18,19). The number of rotatable bonds is 2. The molecule has 2 N–H and O–H groups in total. The van der Waals surface area contributed by atoms with E-state index in [-0.39, 0.29) is 11.9 Å². The van der Waals surface area contributed by atoms with E-state index in [9.17, 15) is 4.79 Å². The van der Waals surface area contributed by atoms with E-state index in [0.717, 1.165) is 18.5 Å². The zero-order valence-electron chi connectivity index (χ0n) is 10.3. The van der Waals surface area contributed by atoms with Crippen molar-refractivity contribution in [1.29, 1.82) is 0 Å². The van der Waals surface area contributed by atoms with Crippen LogP contribution in [0.1, 0.15) is 17.2 Å². The van der Waals surface area contributed by atoms with Crippen molar-refractivity contribution in [3.63, 3.8) is 0 Å². The van der Waals surface area contributed by atoms with Gasteiger partial charge in [-0.05, 0) is 29.7 Å². The van der Waals surface area contributed by atoms with Gasteiger partial charge in [-0.15, -0.1) is 5.10 Å². The van der Waals surface area contributed by atoms with Crippen LogP contribution >= 0.6 is 0 Å². The Morgan fingerprint density at radius 2 is 2.16 bits per heavy atom. The van der Waals surface area contributed by atoms with Crippen LogP contribution in [0, 0.1) is 0 Å². The Morgan fingerprint density at radius 1 is 1.26 bits per heavy atom. The molecule has 0 aliphatic carbocycles. The van der Waals surface area contributed by atoms with Gasteiger partial charge in [0.15, 0.2) is 5.82 Å². The van der Waals surface area contributed by atoms with Crippen LogP contribution in [0.25, 0.3) is 0 Å². The highest BCUT2D eigenvalue weighted by atomic mass is 16.2. The van der Waals surface area contributed by atoms with Gasteiger partial charge in [-0.2, -0.15) is 5.10 Å². The summed E-state index contributed by atoms with van der Waals surface area (Å²) < 4.78 is 0. The van der Waals surface area contributed by atoms with E-state index >= 15 is 0 Å². The minimum Gasteiger partial charge on any atom is -0.308 e. The van der Waals surface area contributed by atoms with Crippen molar-refractivity contribution >= 4 is 11.7 Å². The second kappa shape index (κ2) is 5.16. The number of fused-ring (bicyclic) bond motifs is 1. The molecule has 1 aliphatic heterocycles. The number of amides is 1. The molecule has 96 valence electrons. The molecule has 0 spiro atoms. The van der Waals surface area contributed by atoms with Crippen LogP contribution in [0.2, 0.25) is 0 Å². The van der Waals surface area contributed by atoms with Gasteiger partial charge in [-0.1, -0.05) is 24.3 Å². The second-order valence-electron chi connectivity index (χ2n) is 4.43. The number of carbonyl (C=O) groups excluding carboxylic acids is 1. The van der Waals surface area contributed by atoms with Gasteiger partial charge < -0.3 is 10.6 Å². The molecule has 2 heterocycles. The average molecular weight is 254 g/mol. The smallest absolute Gasteiger partial charge is 0.247 e. The Hall–Kier alpha value is -2.27. The van der Waals surface area contributed by atoms with E-state index < -0.39 is 0 Å². The largest absolute Gasteiger partial charge is 0.308 e. The lowest BCUT2D eigenvalue weighted by Gasteiger charge is -2.25. The molecule has 5 heteroatoms. The monoisotopic (exact) mass is 254 g/mol. The Morgan fingerprint density at radius 3 is 3.00 bits per heavy atom. The van der Waals surface area contributed by atoms with E-state index in [1.807, 2.05) is 18.2 Å². The zero-order chi connectivity index (χ0) is 13.1. The van der Waals surface area contributed by atoms with Crippen molar-refractivity contribution in [3.8, 4) is 0 Å². The number of anilines is 1. The first-order chi connectivity index (χ1) is 9.34. The van der Waals surface area contributed by atoms with Gasteiger partial charge in [-0.3, -0.25) is 4.79 Å². The van der Waals surface area contributed by atoms with Crippen LogP contribution in [0.3, 0.4) is 0 Å². The van der Waals surface area contributed by atoms with Crippen molar-refractivity contribution in [2.75, 3.05) is 11.9 Å². The summed E-state index contributed by atoms with van der Waals surface area (Å²) in [6.45, 7) is 0.801. The topological polar surface area (TPSA) is 66.9 Å². The highest BCUT2D eigenvalue weighted by Crippen LogP contribution is 2.23. The van der Waals surface area contributed by atoms with Crippen molar-refractivity contribution in [3.05, 3.63) is 53.7 Å². The summed E-state index contributed by atoms with van der Waals surface area (Å²) in [4.78, 5) is 12.3. The van der Waals surface area contributed by atoms with Gasteiger partial charge in [-0.25, -0.2) is 0 Å². The van der Waals surface area contributed by atoms with E-state index in [1.54, 1.807) is 18.3 Å². The molecule has 1 amide bonds. The fourth-order valence-corrected chi connectivity index (χ4v) is 2.31. The molecule has 1 atom stereocenters. The maximum atomic E-state index is 12.3. The molecule has 0 saturated carbocycles. The number of aromatic nitrogens is 2. The molecular formula is C14H14N4O. The minimum atomic E-state index is -0.327. The Labute approximate surface area is 111 Å². The van der Waals surface area contributed by atoms with Gasteiger partial charge >= 0.3 is 0 Å². The van der Waals surface area contributed by atoms with Crippen molar-refractivity contribution in [1.82, 2.24) is 15.5 Å². The van der Waals surface area contributed by atoms with Gasteiger partial charge in [0.25, 0.3) is 0 Å². The molecular weight excluding hydrogens is 240 g/mol. The molecule has 0 radical (unpaired) electrons. The van der Waals surface area contributed by atoms with E-state index in [2.05, 4.69) is 26.9 Å². The van der Waals surface area contributed by atoms with Gasteiger partial charge in [0.05, 0.1) is 0 Å². The van der Waals surface area contributed by atoms with Crippen LogP contribution in [-0.2, 0) is 11.2 Å². The van der Waals surface area contributed by atoms with Gasteiger partial charge in [0.2, 0.25) is 5.91 Å². The lowest BCUT2D eigenvalue weighted by molar-refractivity contribution is -0.118. The molecule has 3 rings (SSSR count). The van der Waals surface area contributed by atoms with Gasteiger partial charge in [0.1, 0.15) is 6.04 Å². The van der Waals surface area contributed by atoms with E-state index in [4.69, 9.17) is 0 Å². The highest BCUT2D eigenvalue weighted by molar-refractivity contribution is 5.95. The molecule has 1 aromatic carbocycles. The highest BCUT2D eigenvalue weighted by Gasteiger charge is 2.25. The first kappa shape index (κ1) is 11.8. The molecule has 0 fully saturated rings. The number of nitrogens with zero attached hydrogens (tertiary/aromatic N) is 2. The Bertz CT molecular complexity index is 585. The summed E-state index contributed by atoms with van der Waals surface area (Å²) in [6, 6.07) is 11.1. The predicted molar refractivity (Wildman–Crippen MR) is 71.6 cm³/mol. The third kappa shape index (κ3) is 2.46. The van der Waals surface area contributed by atoms with E-state index in [1.165, 1.54) is 5.56 Å². The van der Waals surface area contributed by atoms with Crippen LogP contribution in [0.5, 0.6) is 0 Å². The van der Waals surface area contributed by atoms with Crippen LogP contribution < -0.4 is 10.6 Å². The van der Waals surface area contributed by atoms with Crippen LogP contribution in [-0.4, -0.2) is 22.6 Å². The molecule has 2 aromatic rings. The molecule has 0 saturated heterocycles. The number of hydrogen-bond donors (Lipinski definition) is 2. The van der Waals surface area contributed by atoms with Crippen molar-refractivity contribution in [2.24, 2.45) is 0 Å². The summed E-state index contributed by atoms with van der Waals surface area (Å²) in [5, 5.41) is 13.6. The number of benzene rings is 1. The first-order valence-corrected chi connectivity index (χ1v) is 6.24. The van der Waals surface area contributed by atoms with Gasteiger partial charge in [0, 0.05) is 12.7 Å². The Kier molecular flexibility index (Phi) is 3.20. The minimum absolute atomic E-state index is 0.104. The normalized spacial score (nSPS) is 17.6. The number of hydrogen-bond acceptors (Lipinski definition) is 4. The molecule has 1 aromatic heterocycles. The number of nitrogens with one attached hydrogen (secondary N) is 2. The fraction of sp³-hybridized carbons (Fsp3) is 0.214. The lowest BCUT2D eigenvalue weighted by atomic mass is 9.94. The molecule has 5 nitrogen and oxygen atoms in total. The number of carbonyl (C=O) groups is 1. The average Bonchev–Trinajstić information content (AvgIpc) is 2.47. The summed E-state index contributed by atoms with van der Waals surface area (Å²) in [5.41, 5.74) is 2.26. The molecule has 1 aliphatic rings. The SMILES string of the molecule is O=C(Nc1cccnn1)C1NCCc2ccccc21. The zero-order valence-corrected chi connectivity index (χ0v) is 10.3. The lowest BCUT2D eigenvalue weighted by Crippen LogP contribution is -2.38. The van der Waals surface area contributed by atoms with Crippen LogP contribution in [0.4, 0.5) is 5.82 Å². The third-order valence-electron chi connectivity index (χ3n) is 3.19. The Balaban J connectivity index is 1.82. The first-order valence-electron chi connectivity index (χ1n) is 6.24. The predicted octanol–water partition coefficient (Wildman–Crippen LogP) is 1.30. The maximum Gasteiger partial charge on any atom is 0.247 e. The van der Waals surface area contributed by atoms with Crippen molar-refractivity contribution in [2.45, 2.75) is 12.5 Å². The quantitative estimate of drug-likeness (QED) is 0.847. The van der Waals surface area contributed by atoms with Crippen molar-refractivity contribution < 1.29 is 4.79 Å². The van der Waals surface area contributed by atoms with E-state index in [0.29, 0.717) is 5.82 Å². The second-order valence-corrected chi connectivity index (χ2v) is 4.43. The fourth-order valence-electron chi connectivity index (χ4n) is 2.31. The summed E-state index contributed by atoms with van der Waals surface area (Å²) in [5.74, 6) is 0.366. The summed E-state index contributed by atoms with van der Waals surface area (Å²) in [6.07, 6.45) is 2.52. The third-order valence-corrected chi connectivity index (χ3v) is 3.19. The van der Waals surface area contributed by atoms with Crippen LogP contribution in [0.15, 0.2) is 42.6 Å². The molecule has 1 unspecified atom stereocenters. The summed E-state index contributed by atoms with van der Waals surface area (Å²) >= 11 is 0. The maximum absolute atomic E-state index is 12.3. The molecule has 0 bridgehead atoms.